The molecular formula is C13H11BrFNO3S. The van der Waals surface area contributed by atoms with Crippen LogP contribution in [0.15, 0.2) is 22.7 Å². The number of ether oxygens (including phenoxy) is 2. The summed E-state index contributed by atoms with van der Waals surface area (Å²) in [7, 11) is 0. The first-order chi connectivity index (χ1) is 9.51. The Hall–Kier alpha value is -1.47. The van der Waals surface area contributed by atoms with Crippen molar-refractivity contribution in [3.63, 3.8) is 0 Å². The van der Waals surface area contributed by atoms with E-state index < -0.39 is 11.8 Å². The number of rotatable bonds is 4. The normalized spacial score (nSPS) is 10.4. The number of aromatic nitrogens is 1. The zero-order valence-electron chi connectivity index (χ0n) is 10.8. The number of aryl methyl sites for hydroxylation is 1. The molecule has 0 saturated carbocycles. The number of halogens is 2. The number of carbonyl (C=O) groups is 1. The second-order valence-electron chi connectivity index (χ2n) is 3.78. The first-order valence-electron chi connectivity index (χ1n) is 5.78. The minimum Gasteiger partial charge on any atom is -0.461 e. The Bertz CT molecular complexity index is 645. The van der Waals surface area contributed by atoms with Gasteiger partial charge in [0.1, 0.15) is 0 Å². The summed E-state index contributed by atoms with van der Waals surface area (Å²) in [6, 6.07) is 4.44. The zero-order valence-corrected chi connectivity index (χ0v) is 13.2. The fourth-order valence-corrected chi connectivity index (χ4v) is 2.49. The molecule has 0 radical (unpaired) electrons. The predicted molar refractivity (Wildman–Crippen MR) is 77.0 cm³/mol. The minimum absolute atomic E-state index is 0.0528. The summed E-state index contributed by atoms with van der Waals surface area (Å²) in [5.41, 5.74) is 0. The molecule has 0 fully saturated rings. The van der Waals surface area contributed by atoms with Crippen LogP contribution in [-0.2, 0) is 4.74 Å². The SMILES string of the molecule is CCOC(=O)c1nc(Oc2ccc(Br)cc2F)c(C)s1. The summed E-state index contributed by atoms with van der Waals surface area (Å²) in [4.78, 5) is 16.3. The third-order valence-corrected chi connectivity index (χ3v) is 3.73. The van der Waals surface area contributed by atoms with E-state index in [0.717, 1.165) is 11.3 Å². The molecular weight excluding hydrogens is 349 g/mol. The molecule has 0 amide bonds. The van der Waals surface area contributed by atoms with Crippen LogP contribution >= 0.6 is 27.3 Å². The van der Waals surface area contributed by atoms with E-state index in [1.54, 1.807) is 19.9 Å². The third-order valence-electron chi connectivity index (χ3n) is 2.30. The van der Waals surface area contributed by atoms with Gasteiger partial charge in [-0.05, 0) is 32.0 Å². The molecule has 1 aromatic heterocycles. The van der Waals surface area contributed by atoms with Crippen molar-refractivity contribution in [2.75, 3.05) is 6.61 Å². The fourth-order valence-electron chi connectivity index (χ4n) is 1.42. The van der Waals surface area contributed by atoms with Crippen LogP contribution in [0.1, 0.15) is 21.6 Å². The van der Waals surface area contributed by atoms with Gasteiger partial charge in [-0.1, -0.05) is 15.9 Å². The van der Waals surface area contributed by atoms with Crippen molar-refractivity contribution in [1.82, 2.24) is 4.98 Å². The van der Waals surface area contributed by atoms with Crippen molar-refractivity contribution in [3.8, 4) is 11.6 Å². The monoisotopic (exact) mass is 359 g/mol. The van der Waals surface area contributed by atoms with Crippen LogP contribution in [0.2, 0.25) is 0 Å². The Morgan fingerprint density at radius 1 is 1.50 bits per heavy atom. The highest BCUT2D eigenvalue weighted by Gasteiger charge is 2.17. The van der Waals surface area contributed by atoms with Crippen LogP contribution < -0.4 is 4.74 Å². The molecule has 4 nitrogen and oxygen atoms in total. The predicted octanol–water partition coefficient (Wildman–Crippen LogP) is 4.32. The largest absolute Gasteiger partial charge is 0.461 e. The van der Waals surface area contributed by atoms with Gasteiger partial charge >= 0.3 is 5.97 Å². The van der Waals surface area contributed by atoms with Crippen molar-refractivity contribution < 1.29 is 18.7 Å². The maximum Gasteiger partial charge on any atom is 0.367 e. The maximum atomic E-state index is 13.7. The van der Waals surface area contributed by atoms with Crippen molar-refractivity contribution >= 4 is 33.2 Å². The molecule has 7 heteroatoms. The van der Waals surface area contributed by atoms with Gasteiger partial charge in [0.2, 0.25) is 10.9 Å². The highest BCUT2D eigenvalue weighted by atomic mass is 79.9. The van der Waals surface area contributed by atoms with Crippen molar-refractivity contribution in [2.24, 2.45) is 0 Å². The van der Waals surface area contributed by atoms with Gasteiger partial charge < -0.3 is 9.47 Å². The van der Waals surface area contributed by atoms with E-state index in [0.29, 0.717) is 9.35 Å². The molecule has 0 spiro atoms. The average molecular weight is 360 g/mol. The van der Waals surface area contributed by atoms with Gasteiger partial charge in [-0.2, -0.15) is 4.98 Å². The van der Waals surface area contributed by atoms with Gasteiger partial charge in [-0.15, -0.1) is 11.3 Å². The molecule has 0 bridgehead atoms. The molecule has 0 N–H and O–H groups in total. The van der Waals surface area contributed by atoms with Crippen LogP contribution in [0.4, 0.5) is 4.39 Å². The van der Waals surface area contributed by atoms with Gasteiger partial charge in [0.05, 0.1) is 11.5 Å². The summed E-state index contributed by atoms with van der Waals surface area (Å²) < 4.78 is 24.6. The fraction of sp³-hybridized carbons (Fsp3) is 0.231. The van der Waals surface area contributed by atoms with Gasteiger partial charge in [0, 0.05) is 4.47 Å². The Kier molecular flexibility index (Phi) is 4.72. The minimum atomic E-state index is -0.510. The second kappa shape index (κ2) is 6.32. The Morgan fingerprint density at radius 3 is 2.90 bits per heavy atom. The Balaban J connectivity index is 2.23. The highest BCUT2D eigenvalue weighted by molar-refractivity contribution is 9.10. The van der Waals surface area contributed by atoms with Gasteiger partial charge in [-0.25, -0.2) is 9.18 Å². The summed E-state index contributed by atoms with van der Waals surface area (Å²) in [5.74, 6) is -0.757. The second-order valence-corrected chi connectivity index (χ2v) is 5.90. The summed E-state index contributed by atoms with van der Waals surface area (Å²) >= 11 is 4.31. The number of nitrogens with zero attached hydrogens (tertiary/aromatic N) is 1. The van der Waals surface area contributed by atoms with E-state index in [2.05, 4.69) is 20.9 Å². The van der Waals surface area contributed by atoms with E-state index in [1.807, 2.05) is 0 Å². The third kappa shape index (κ3) is 3.34. The highest BCUT2D eigenvalue weighted by Crippen LogP contribution is 2.31. The molecule has 20 heavy (non-hydrogen) atoms. The number of hydrogen-bond donors (Lipinski definition) is 0. The smallest absolute Gasteiger partial charge is 0.367 e. The van der Waals surface area contributed by atoms with Crippen LogP contribution in [0.5, 0.6) is 11.6 Å². The van der Waals surface area contributed by atoms with Gasteiger partial charge in [-0.3, -0.25) is 0 Å². The lowest BCUT2D eigenvalue weighted by molar-refractivity contribution is 0.0525. The van der Waals surface area contributed by atoms with Crippen LogP contribution in [0.25, 0.3) is 0 Å². The first kappa shape index (κ1) is 14.9. The standard InChI is InChI=1S/C13H11BrFNO3S/c1-3-18-13(17)12-16-11(7(2)20-12)19-10-5-4-8(14)6-9(10)15/h4-6H,3H2,1-2H3. The lowest BCUT2D eigenvalue weighted by Gasteiger charge is -2.04. The maximum absolute atomic E-state index is 13.7. The number of thiazole rings is 1. The number of benzene rings is 1. The zero-order chi connectivity index (χ0) is 14.7. The van der Waals surface area contributed by atoms with Crippen molar-refractivity contribution in [2.45, 2.75) is 13.8 Å². The molecule has 1 heterocycles. The molecule has 106 valence electrons. The number of esters is 1. The number of carbonyl (C=O) groups excluding carboxylic acids is 1. The van der Waals surface area contributed by atoms with Crippen molar-refractivity contribution in [1.29, 1.82) is 0 Å². The lowest BCUT2D eigenvalue weighted by atomic mass is 10.3. The molecule has 1 aromatic carbocycles. The molecule has 0 saturated heterocycles. The number of hydrogen-bond acceptors (Lipinski definition) is 5. The first-order valence-corrected chi connectivity index (χ1v) is 7.39. The van der Waals surface area contributed by atoms with Crippen LogP contribution in [-0.4, -0.2) is 17.6 Å². The molecule has 0 aliphatic heterocycles. The van der Waals surface area contributed by atoms with Crippen LogP contribution in [0.3, 0.4) is 0 Å². The van der Waals surface area contributed by atoms with E-state index in [-0.39, 0.29) is 23.2 Å². The average Bonchev–Trinajstić information content (AvgIpc) is 2.75. The van der Waals surface area contributed by atoms with E-state index >= 15 is 0 Å². The van der Waals surface area contributed by atoms with Crippen molar-refractivity contribution in [3.05, 3.63) is 38.4 Å². The van der Waals surface area contributed by atoms with E-state index in [1.165, 1.54) is 12.1 Å². The quantitative estimate of drug-likeness (QED) is 0.762. The van der Waals surface area contributed by atoms with Crippen LogP contribution in [0, 0.1) is 12.7 Å². The molecule has 2 aromatic rings. The molecule has 0 aliphatic carbocycles. The van der Waals surface area contributed by atoms with Gasteiger partial charge in [0.25, 0.3) is 0 Å². The molecule has 2 rings (SSSR count). The van der Waals surface area contributed by atoms with E-state index in [4.69, 9.17) is 9.47 Å². The summed E-state index contributed by atoms with van der Waals surface area (Å²) in [5, 5.41) is 0.192. The summed E-state index contributed by atoms with van der Waals surface area (Å²) in [6.07, 6.45) is 0. The topological polar surface area (TPSA) is 48.4 Å². The Morgan fingerprint density at radius 2 is 2.25 bits per heavy atom. The molecule has 0 unspecified atom stereocenters. The lowest BCUT2D eigenvalue weighted by Crippen LogP contribution is -2.03. The molecule has 0 aliphatic rings. The van der Waals surface area contributed by atoms with E-state index in [9.17, 15) is 9.18 Å². The molecule has 0 atom stereocenters. The summed E-state index contributed by atoms with van der Waals surface area (Å²) in [6.45, 7) is 3.73. The van der Waals surface area contributed by atoms with Gasteiger partial charge in [0.15, 0.2) is 11.6 Å². The Labute approximate surface area is 127 Å².